The van der Waals surface area contributed by atoms with E-state index in [1.54, 1.807) is 0 Å². The van der Waals surface area contributed by atoms with Crippen LogP contribution in [-0.4, -0.2) is 41.2 Å². The number of halogens is 2. The smallest absolute Gasteiger partial charge is 0.223 e. The van der Waals surface area contributed by atoms with E-state index in [1.807, 2.05) is 6.92 Å². The number of hydrogen-bond acceptors (Lipinski definition) is 5. The standard InChI is InChI=1S/C9H16N4O.2ClH/c1-8-11-9(12-14-8)7-13-5-2-3-10-4-6-13;;/h10H,2-7H2,1H3;2*1H. The second kappa shape index (κ2) is 7.84. The zero-order valence-corrected chi connectivity index (χ0v) is 10.9. The molecule has 0 aromatic carbocycles. The van der Waals surface area contributed by atoms with Crippen molar-refractivity contribution >= 4 is 24.8 Å². The number of nitrogens with one attached hydrogen (secondary N) is 1. The average Bonchev–Trinajstić information content (AvgIpc) is 2.43. The van der Waals surface area contributed by atoms with E-state index >= 15 is 0 Å². The first-order valence-corrected chi connectivity index (χ1v) is 5.07. The molecule has 16 heavy (non-hydrogen) atoms. The third-order valence-corrected chi connectivity index (χ3v) is 2.37. The van der Waals surface area contributed by atoms with Gasteiger partial charge in [-0.15, -0.1) is 24.8 Å². The highest BCUT2D eigenvalue weighted by Crippen LogP contribution is 2.02. The second-order valence-electron chi connectivity index (χ2n) is 3.61. The van der Waals surface area contributed by atoms with E-state index in [1.165, 1.54) is 6.42 Å². The number of hydrogen-bond donors (Lipinski definition) is 1. The van der Waals surface area contributed by atoms with Gasteiger partial charge in [-0.3, -0.25) is 4.90 Å². The predicted octanol–water partition coefficient (Wildman–Crippen LogP) is 1.02. The van der Waals surface area contributed by atoms with Crippen LogP contribution in [0.3, 0.4) is 0 Å². The van der Waals surface area contributed by atoms with Gasteiger partial charge in [0.25, 0.3) is 0 Å². The van der Waals surface area contributed by atoms with Crippen LogP contribution < -0.4 is 5.32 Å². The topological polar surface area (TPSA) is 54.2 Å². The van der Waals surface area contributed by atoms with Crippen molar-refractivity contribution in [1.29, 1.82) is 0 Å². The van der Waals surface area contributed by atoms with Crippen LogP contribution >= 0.6 is 24.8 Å². The fraction of sp³-hybridized carbons (Fsp3) is 0.778. The van der Waals surface area contributed by atoms with Crippen molar-refractivity contribution in [2.24, 2.45) is 0 Å². The molecular formula is C9H18Cl2N4O. The molecule has 94 valence electrons. The molecule has 1 aliphatic rings. The van der Waals surface area contributed by atoms with E-state index in [0.29, 0.717) is 5.89 Å². The van der Waals surface area contributed by atoms with Gasteiger partial charge in [0.2, 0.25) is 5.89 Å². The summed E-state index contributed by atoms with van der Waals surface area (Å²) in [5.41, 5.74) is 0. The Morgan fingerprint density at radius 3 is 2.81 bits per heavy atom. The van der Waals surface area contributed by atoms with Crippen molar-refractivity contribution in [2.75, 3.05) is 26.2 Å². The van der Waals surface area contributed by atoms with Gasteiger partial charge in [0.1, 0.15) is 0 Å². The van der Waals surface area contributed by atoms with Crippen LogP contribution in [-0.2, 0) is 6.54 Å². The third kappa shape index (κ3) is 4.65. The molecule has 0 aliphatic carbocycles. The maximum absolute atomic E-state index is 4.93. The molecule has 0 bridgehead atoms. The van der Waals surface area contributed by atoms with Gasteiger partial charge < -0.3 is 9.84 Å². The maximum Gasteiger partial charge on any atom is 0.223 e. The second-order valence-corrected chi connectivity index (χ2v) is 3.61. The molecule has 0 radical (unpaired) electrons. The first-order chi connectivity index (χ1) is 6.84. The quantitative estimate of drug-likeness (QED) is 0.868. The zero-order chi connectivity index (χ0) is 9.80. The number of aryl methyl sites for hydroxylation is 1. The molecule has 2 rings (SSSR count). The first-order valence-electron chi connectivity index (χ1n) is 5.07. The maximum atomic E-state index is 4.93. The van der Waals surface area contributed by atoms with Crippen molar-refractivity contribution in [3.63, 3.8) is 0 Å². The highest BCUT2D eigenvalue weighted by atomic mass is 35.5. The van der Waals surface area contributed by atoms with E-state index in [2.05, 4.69) is 20.4 Å². The molecule has 5 nitrogen and oxygen atoms in total. The Kier molecular flexibility index (Phi) is 7.66. The van der Waals surface area contributed by atoms with E-state index in [4.69, 9.17) is 4.52 Å². The average molecular weight is 269 g/mol. The normalized spacial score (nSPS) is 17.1. The van der Waals surface area contributed by atoms with Crippen molar-refractivity contribution in [3.8, 4) is 0 Å². The molecule has 1 saturated heterocycles. The Morgan fingerprint density at radius 1 is 1.31 bits per heavy atom. The van der Waals surface area contributed by atoms with Crippen molar-refractivity contribution in [3.05, 3.63) is 11.7 Å². The SMILES string of the molecule is Cc1nc(CN2CCCNCC2)no1.Cl.Cl. The molecule has 1 aromatic heterocycles. The number of rotatable bonds is 2. The Balaban J connectivity index is 0.00000112. The van der Waals surface area contributed by atoms with E-state index in [-0.39, 0.29) is 24.8 Å². The van der Waals surface area contributed by atoms with Crippen LogP contribution in [0.1, 0.15) is 18.1 Å². The van der Waals surface area contributed by atoms with Crippen molar-refractivity contribution in [2.45, 2.75) is 19.9 Å². The number of aromatic nitrogens is 2. The highest BCUT2D eigenvalue weighted by Gasteiger charge is 2.11. The largest absolute Gasteiger partial charge is 0.340 e. The molecule has 1 aromatic rings. The van der Waals surface area contributed by atoms with Gasteiger partial charge in [-0.1, -0.05) is 5.16 Å². The summed E-state index contributed by atoms with van der Waals surface area (Å²) in [5, 5.41) is 7.25. The summed E-state index contributed by atoms with van der Waals surface area (Å²) in [6.45, 7) is 6.96. The molecule has 2 heterocycles. The van der Waals surface area contributed by atoms with E-state index in [0.717, 1.165) is 38.5 Å². The fourth-order valence-electron chi connectivity index (χ4n) is 1.67. The fourth-order valence-corrected chi connectivity index (χ4v) is 1.67. The van der Waals surface area contributed by atoms with E-state index in [9.17, 15) is 0 Å². The lowest BCUT2D eigenvalue weighted by Gasteiger charge is -2.16. The molecule has 0 spiro atoms. The minimum Gasteiger partial charge on any atom is -0.340 e. The molecule has 0 amide bonds. The third-order valence-electron chi connectivity index (χ3n) is 2.37. The van der Waals surface area contributed by atoms with Gasteiger partial charge in [0, 0.05) is 20.0 Å². The van der Waals surface area contributed by atoms with Crippen LogP contribution in [0.2, 0.25) is 0 Å². The molecule has 0 saturated carbocycles. The summed E-state index contributed by atoms with van der Waals surface area (Å²) >= 11 is 0. The van der Waals surface area contributed by atoms with Gasteiger partial charge in [-0.25, -0.2) is 0 Å². The number of nitrogens with zero attached hydrogens (tertiary/aromatic N) is 3. The van der Waals surface area contributed by atoms with E-state index < -0.39 is 0 Å². The minimum absolute atomic E-state index is 0. The van der Waals surface area contributed by atoms with Crippen LogP contribution in [0.25, 0.3) is 0 Å². The van der Waals surface area contributed by atoms with Gasteiger partial charge in [-0.05, 0) is 19.5 Å². The molecule has 0 unspecified atom stereocenters. The summed E-state index contributed by atoms with van der Waals surface area (Å²) in [7, 11) is 0. The summed E-state index contributed by atoms with van der Waals surface area (Å²) in [5.74, 6) is 1.44. The van der Waals surface area contributed by atoms with Gasteiger partial charge in [0.15, 0.2) is 5.82 Å². The molecule has 1 fully saturated rings. The van der Waals surface area contributed by atoms with Crippen molar-refractivity contribution in [1.82, 2.24) is 20.4 Å². The molecule has 7 heteroatoms. The molecule has 1 N–H and O–H groups in total. The zero-order valence-electron chi connectivity index (χ0n) is 9.31. The lowest BCUT2D eigenvalue weighted by Crippen LogP contribution is -2.28. The Hall–Kier alpha value is -0.360. The summed E-state index contributed by atoms with van der Waals surface area (Å²) in [4.78, 5) is 6.55. The first kappa shape index (κ1) is 15.6. The summed E-state index contributed by atoms with van der Waals surface area (Å²) < 4.78 is 4.93. The Bertz CT molecular complexity index is 287. The monoisotopic (exact) mass is 268 g/mol. The van der Waals surface area contributed by atoms with Gasteiger partial charge in [-0.2, -0.15) is 4.98 Å². The molecular weight excluding hydrogens is 251 g/mol. The van der Waals surface area contributed by atoms with Crippen LogP contribution in [0.15, 0.2) is 4.52 Å². The van der Waals surface area contributed by atoms with Gasteiger partial charge in [0.05, 0.1) is 6.54 Å². The summed E-state index contributed by atoms with van der Waals surface area (Å²) in [6, 6.07) is 0. The van der Waals surface area contributed by atoms with Crippen LogP contribution in [0.4, 0.5) is 0 Å². The van der Waals surface area contributed by atoms with Crippen molar-refractivity contribution < 1.29 is 4.52 Å². The predicted molar refractivity (Wildman–Crippen MR) is 66.3 cm³/mol. The highest BCUT2D eigenvalue weighted by molar-refractivity contribution is 5.85. The lowest BCUT2D eigenvalue weighted by molar-refractivity contribution is 0.271. The molecule has 0 atom stereocenters. The lowest BCUT2D eigenvalue weighted by atomic mass is 10.4. The minimum atomic E-state index is 0. The van der Waals surface area contributed by atoms with Crippen LogP contribution in [0, 0.1) is 6.92 Å². The van der Waals surface area contributed by atoms with Gasteiger partial charge >= 0.3 is 0 Å². The Morgan fingerprint density at radius 2 is 2.12 bits per heavy atom. The molecule has 1 aliphatic heterocycles. The van der Waals surface area contributed by atoms with Crippen LogP contribution in [0.5, 0.6) is 0 Å². The summed E-state index contributed by atoms with van der Waals surface area (Å²) in [6.07, 6.45) is 1.19. The Labute approximate surface area is 108 Å².